The van der Waals surface area contributed by atoms with E-state index in [1.807, 2.05) is 41.8 Å². The van der Waals surface area contributed by atoms with Gasteiger partial charge in [0, 0.05) is 22.9 Å². The molecule has 3 aromatic rings. The minimum atomic E-state index is 0.0337. The lowest BCUT2D eigenvalue weighted by Crippen LogP contribution is -2.28. The Morgan fingerprint density at radius 1 is 1.32 bits per heavy atom. The fraction of sp³-hybridized carbons (Fsp3) is 0.250. The number of halogens is 1. The van der Waals surface area contributed by atoms with Crippen LogP contribution in [0.25, 0.3) is 0 Å². The highest BCUT2D eigenvalue weighted by Crippen LogP contribution is 2.20. The Kier molecular flexibility index (Phi) is 6.22. The van der Waals surface area contributed by atoms with Crippen LogP contribution in [-0.4, -0.2) is 43.8 Å². The molecule has 130 valence electrons. The summed E-state index contributed by atoms with van der Waals surface area (Å²) in [6.07, 6.45) is 0. The van der Waals surface area contributed by atoms with Crippen molar-refractivity contribution in [3.05, 3.63) is 56.7 Å². The molecule has 0 N–H and O–H groups in total. The highest BCUT2D eigenvalue weighted by Gasteiger charge is 2.14. The maximum atomic E-state index is 12.4. The minimum absolute atomic E-state index is 0.0337. The minimum Gasteiger partial charge on any atom is -0.341 e. The third kappa shape index (κ3) is 4.90. The van der Waals surface area contributed by atoms with Crippen LogP contribution in [0, 0.1) is 0 Å². The predicted octanol–water partition coefficient (Wildman–Crippen LogP) is 3.30. The van der Waals surface area contributed by atoms with E-state index < -0.39 is 0 Å². The van der Waals surface area contributed by atoms with Crippen LogP contribution in [0.4, 0.5) is 0 Å². The molecule has 1 aromatic carbocycles. The zero-order chi connectivity index (χ0) is 17.6. The van der Waals surface area contributed by atoms with Crippen molar-refractivity contribution in [1.29, 1.82) is 0 Å². The number of nitrogens with zero attached hydrogens (tertiary/aromatic N) is 5. The van der Waals surface area contributed by atoms with Gasteiger partial charge in [0.1, 0.15) is 0 Å². The number of hydrogen-bond donors (Lipinski definition) is 0. The standard InChI is InChI=1S/C16H16BrN5OS2/c1-21(9-12-5-2-3-7-14(12)17)15(23)11-25-16-18-19-20-22(16)10-13-6-4-8-24-13/h2-8H,9-11H2,1H3. The quantitative estimate of drug-likeness (QED) is 0.530. The highest BCUT2D eigenvalue weighted by molar-refractivity contribution is 9.10. The van der Waals surface area contributed by atoms with Crippen LogP contribution in [0.5, 0.6) is 0 Å². The van der Waals surface area contributed by atoms with Gasteiger partial charge in [0.15, 0.2) is 0 Å². The van der Waals surface area contributed by atoms with Gasteiger partial charge in [-0.3, -0.25) is 4.79 Å². The molecule has 9 heteroatoms. The third-order valence-corrected chi connectivity index (χ3v) is 6.08. The van der Waals surface area contributed by atoms with Crippen LogP contribution in [0.1, 0.15) is 10.4 Å². The first-order chi connectivity index (χ1) is 12.1. The van der Waals surface area contributed by atoms with Crippen molar-refractivity contribution in [3.8, 4) is 0 Å². The molecule has 0 saturated heterocycles. The van der Waals surface area contributed by atoms with Crippen molar-refractivity contribution in [3.63, 3.8) is 0 Å². The second-order valence-corrected chi connectivity index (χ2v) is 8.16. The lowest BCUT2D eigenvalue weighted by molar-refractivity contribution is -0.127. The average Bonchev–Trinajstić information content (AvgIpc) is 3.27. The first-order valence-electron chi connectivity index (χ1n) is 7.52. The van der Waals surface area contributed by atoms with E-state index in [-0.39, 0.29) is 5.91 Å². The lowest BCUT2D eigenvalue weighted by Gasteiger charge is -2.17. The number of aromatic nitrogens is 4. The summed E-state index contributed by atoms with van der Waals surface area (Å²) in [5.41, 5.74) is 1.07. The van der Waals surface area contributed by atoms with E-state index in [4.69, 9.17) is 0 Å². The number of thiophene rings is 1. The van der Waals surface area contributed by atoms with E-state index in [1.165, 1.54) is 16.6 Å². The van der Waals surface area contributed by atoms with Gasteiger partial charge in [-0.15, -0.1) is 16.4 Å². The van der Waals surface area contributed by atoms with Gasteiger partial charge in [-0.05, 0) is 33.5 Å². The van der Waals surface area contributed by atoms with E-state index in [0.29, 0.717) is 24.0 Å². The molecule has 1 amide bonds. The smallest absolute Gasteiger partial charge is 0.233 e. The Morgan fingerprint density at radius 3 is 2.92 bits per heavy atom. The number of hydrogen-bond acceptors (Lipinski definition) is 6. The number of benzene rings is 1. The average molecular weight is 438 g/mol. The molecule has 0 spiro atoms. The zero-order valence-corrected chi connectivity index (χ0v) is 16.7. The first-order valence-corrected chi connectivity index (χ1v) is 10.2. The van der Waals surface area contributed by atoms with Gasteiger partial charge in [-0.1, -0.05) is 52.0 Å². The molecule has 0 radical (unpaired) electrons. The molecular weight excluding hydrogens is 422 g/mol. The van der Waals surface area contributed by atoms with Gasteiger partial charge in [-0.25, -0.2) is 4.68 Å². The van der Waals surface area contributed by atoms with Crippen molar-refractivity contribution < 1.29 is 4.79 Å². The number of tetrazole rings is 1. The van der Waals surface area contributed by atoms with Crippen LogP contribution in [0.3, 0.4) is 0 Å². The van der Waals surface area contributed by atoms with Crippen molar-refractivity contribution in [2.75, 3.05) is 12.8 Å². The Hall–Kier alpha value is -1.71. The van der Waals surface area contributed by atoms with Crippen molar-refractivity contribution >= 4 is 44.9 Å². The Morgan fingerprint density at radius 2 is 2.16 bits per heavy atom. The van der Waals surface area contributed by atoms with Crippen molar-refractivity contribution in [2.24, 2.45) is 0 Å². The molecule has 0 unspecified atom stereocenters. The largest absolute Gasteiger partial charge is 0.341 e. The molecule has 2 aromatic heterocycles. The van der Waals surface area contributed by atoms with E-state index in [0.717, 1.165) is 10.0 Å². The molecule has 0 fully saturated rings. The Labute approximate surface area is 162 Å². The van der Waals surface area contributed by atoms with Crippen molar-refractivity contribution in [1.82, 2.24) is 25.1 Å². The van der Waals surface area contributed by atoms with Crippen LogP contribution in [-0.2, 0) is 17.9 Å². The number of thioether (sulfide) groups is 1. The van der Waals surface area contributed by atoms with Crippen LogP contribution >= 0.6 is 39.0 Å². The lowest BCUT2D eigenvalue weighted by atomic mass is 10.2. The molecule has 0 saturated carbocycles. The molecule has 0 aliphatic rings. The molecule has 0 atom stereocenters. The summed E-state index contributed by atoms with van der Waals surface area (Å²) < 4.78 is 2.72. The summed E-state index contributed by atoms with van der Waals surface area (Å²) in [4.78, 5) is 15.3. The molecule has 0 bridgehead atoms. The van der Waals surface area contributed by atoms with E-state index in [9.17, 15) is 4.79 Å². The molecule has 3 rings (SSSR count). The SMILES string of the molecule is CN(Cc1ccccc1Br)C(=O)CSc1nnnn1Cc1cccs1. The predicted molar refractivity (Wildman–Crippen MR) is 103 cm³/mol. The monoisotopic (exact) mass is 437 g/mol. The Bertz CT molecular complexity index is 837. The molecule has 0 aliphatic heterocycles. The third-order valence-electron chi connectivity index (χ3n) is 3.50. The number of carbonyl (C=O) groups is 1. The fourth-order valence-electron chi connectivity index (χ4n) is 2.16. The molecule has 2 heterocycles. The van der Waals surface area contributed by atoms with E-state index >= 15 is 0 Å². The summed E-state index contributed by atoms with van der Waals surface area (Å²) in [5.74, 6) is 0.331. The van der Waals surface area contributed by atoms with Gasteiger partial charge in [-0.2, -0.15) is 0 Å². The fourth-order valence-corrected chi connectivity index (χ4v) is 4.07. The number of amides is 1. The van der Waals surface area contributed by atoms with E-state index in [1.54, 1.807) is 28.0 Å². The molecule has 6 nitrogen and oxygen atoms in total. The summed E-state index contributed by atoms with van der Waals surface area (Å²) in [6.45, 7) is 1.18. The topological polar surface area (TPSA) is 63.9 Å². The van der Waals surface area contributed by atoms with Gasteiger partial charge in [0.25, 0.3) is 0 Å². The summed E-state index contributed by atoms with van der Waals surface area (Å²) in [6, 6.07) is 11.9. The van der Waals surface area contributed by atoms with E-state index in [2.05, 4.69) is 31.5 Å². The summed E-state index contributed by atoms with van der Waals surface area (Å²) >= 11 is 6.52. The molecule has 25 heavy (non-hydrogen) atoms. The second kappa shape index (κ2) is 8.59. The normalized spacial score (nSPS) is 10.8. The zero-order valence-electron chi connectivity index (χ0n) is 13.5. The van der Waals surface area contributed by atoms with Crippen molar-refractivity contribution in [2.45, 2.75) is 18.2 Å². The molecular formula is C16H16BrN5OS2. The highest BCUT2D eigenvalue weighted by atomic mass is 79.9. The second-order valence-electron chi connectivity index (χ2n) is 5.33. The van der Waals surface area contributed by atoms with Crippen LogP contribution in [0.15, 0.2) is 51.4 Å². The number of carbonyl (C=O) groups excluding carboxylic acids is 1. The Balaban J connectivity index is 1.55. The van der Waals surface area contributed by atoms with Crippen LogP contribution in [0.2, 0.25) is 0 Å². The van der Waals surface area contributed by atoms with Gasteiger partial charge in [0.2, 0.25) is 11.1 Å². The van der Waals surface area contributed by atoms with Gasteiger partial charge in [0.05, 0.1) is 12.3 Å². The summed E-state index contributed by atoms with van der Waals surface area (Å²) in [7, 11) is 1.80. The number of rotatable bonds is 7. The van der Waals surface area contributed by atoms with Gasteiger partial charge >= 0.3 is 0 Å². The first kappa shape index (κ1) is 18.1. The maximum Gasteiger partial charge on any atom is 0.233 e. The maximum absolute atomic E-state index is 12.4. The van der Waals surface area contributed by atoms with Gasteiger partial charge < -0.3 is 4.90 Å². The molecule has 0 aliphatic carbocycles. The van der Waals surface area contributed by atoms with Crippen LogP contribution < -0.4 is 0 Å². The summed E-state index contributed by atoms with van der Waals surface area (Å²) in [5, 5.41) is 14.4.